The molecule has 0 radical (unpaired) electrons. The molecule has 0 N–H and O–H groups in total. The normalized spacial score (nSPS) is 25.1. The number of hydrogen-bond acceptors (Lipinski definition) is 4. The molecule has 4 heteroatoms. The van der Waals surface area contributed by atoms with Crippen molar-refractivity contribution in [1.82, 2.24) is 0 Å². The molecule has 0 bridgehead atoms. The maximum absolute atomic E-state index is 11.6. The molecule has 0 amide bonds. The van der Waals surface area contributed by atoms with Crippen LogP contribution in [0.3, 0.4) is 0 Å². The fourth-order valence-corrected chi connectivity index (χ4v) is 1.45. The maximum atomic E-state index is 11.6. The molecule has 0 aromatic heterocycles. The summed E-state index contributed by atoms with van der Waals surface area (Å²) in [6.07, 6.45) is 2.70. The van der Waals surface area contributed by atoms with E-state index in [1.54, 1.807) is 6.92 Å². The highest BCUT2D eigenvalue weighted by Crippen LogP contribution is 2.26. The summed E-state index contributed by atoms with van der Waals surface area (Å²) in [6.45, 7) is 4.44. The molecular weight excluding hydrogens is 194 g/mol. The minimum Gasteiger partial charge on any atom is -0.447 e. The monoisotopic (exact) mass is 205 g/mol. The van der Waals surface area contributed by atoms with Gasteiger partial charge in [0.15, 0.2) is 5.60 Å². The lowest BCUT2D eigenvalue weighted by atomic mass is 9.88. The van der Waals surface area contributed by atoms with Crippen LogP contribution in [-0.4, -0.2) is 17.4 Å². The van der Waals surface area contributed by atoms with E-state index in [2.05, 4.69) is 0 Å². The minimum atomic E-state index is -1.27. The number of nitrogens with zero attached hydrogens (tertiary/aromatic N) is 1. The second-order valence-corrected chi connectivity index (χ2v) is 3.56. The van der Waals surface area contributed by atoms with Crippen LogP contribution in [0.15, 0.2) is 23.3 Å². The first-order valence-corrected chi connectivity index (χ1v) is 4.44. The van der Waals surface area contributed by atoms with Crippen molar-refractivity contribution in [3.05, 3.63) is 23.3 Å². The van der Waals surface area contributed by atoms with Gasteiger partial charge in [-0.25, -0.2) is 0 Å². The lowest BCUT2D eigenvalue weighted by Gasteiger charge is -2.26. The molecule has 0 spiro atoms. The summed E-state index contributed by atoms with van der Waals surface area (Å²) in [5, 5.41) is 8.71. The first-order chi connectivity index (χ1) is 6.89. The van der Waals surface area contributed by atoms with E-state index in [9.17, 15) is 9.59 Å². The number of carbonyl (C=O) groups excluding carboxylic acids is 2. The Morgan fingerprint density at radius 2 is 2.20 bits per heavy atom. The minimum absolute atomic E-state index is 0.310. The average molecular weight is 205 g/mol. The third kappa shape index (κ3) is 2.13. The molecule has 0 saturated carbocycles. The van der Waals surface area contributed by atoms with E-state index in [1.165, 1.54) is 26.0 Å². The van der Waals surface area contributed by atoms with Gasteiger partial charge in [0.25, 0.3) is 0 Å². The van der Waals surface area contributed by atoms with Crippen molar-refractivity contribution < 1.29 is 14.3 Å². The summed E-state index contributed by atoms with van der Waals surface area (Å²) in [5.74, 6) is -0.913. The van der Waals surface area contributed by atoms with Gasteiger partial charge >= 0.3 is 5.97 Å². The number of rotatable bonds is 1. The van der Waals surface area contributed by atoms with Crippen molar-refractivity contribution in [2.75, 3.05) is 0 Å². The number of ketones is 1. The first kappa shape index (κ1) is 11.2. The third-order valence-electron chi connectivity index (χ3n) is 2.16. The Balaban J connectivity index is 3.09. The Labute approximate surface area is 87.8 Å². The van der Waals surface area contributed by atoms with Gasteiger partial charge in [-0.3, -0.25) is 9.59 Å². The second kappa shape index (κ2) is 3.70. The van der Waals surface area contributed by atoms with Crippen LogP contribution in [0.2, 0.25) is 0 Å². The first-order valence-electron chi connectivity index (χ1n) is 4.44. The molecule has 0 aliphatic heterocycles. The quantitative estimate of drug-likeness (QED) is 0.605. The molecule has 1 unspecified atom stereocenters. The van der Waals surface area contributed by atoms with Gasteiger partial charge in [-0.15, -0.1) is 0 Å². The van der Waals surface area contributed by atoms with Gasteiger partial charge in [0.1, 0.15) is 0 Å². The Morgan fingerprint density at radius 3 is 2.67 bits per heavy atom. The number of allylic oxidation sites excluding steroid dienone is 2. The van der Waals surface area contributed by atoms with Gasteiger partial charge in [0.05, 0.1) is 11.6 Å². The molecule has 0 saturated heterocycles. The highest BCUT2D eigenvalue weighted by molar-refractivity contribution is 6.02. The standard InChI is InChI=1S/C11H11NO3/c1-7-5-11(3,15-8(2)13)10(14)4-9(7)6-12/h4-5H,1-3H3. The van der Waals surface area contributed by atoms with Crippen molar-refractivity contribution in [2.45, 2.75) is 26.4 Å². The van der Waals surface area contributed by atoms with Crippen LogP contribution in [0.4, 0.5) is 0 Å². The largest absolute Gasteiger partial charge is 0.447 e. The summed E-state index contributed by atoms with van der Waals surface area (Å²) < 4.78 is 4.94. The number of nitriles is 1. The Hall–Kier alpha value is -1.89. The van der Waals surface area contributed by atoms with E-state index in [4.69, 9.17) is 10.00 Å². The van der Waals surface area contributed by atoms with E-state index in [0.29, 0.717) is 11.1 Å². The van der Waals surface area contributed by atoms with Gasteiger partial charge in [-0.2, -0.15) is 5.26 Å². The average Bonchev–Trinajstić information content (AvgIpc) is 2.09. The highest BCUT2D eigenvalue weighted by atomic mass is 16.6. The Morgan fingerprint density at radius 1 is 1.60 bits per heavy atom. The molecule has 4 nitrogen and oxygen atoms in total. The predicted octanol–water partition coefficient (Wildman–Crippen LogP) is 1.29. The van der Waals surface area contributed by atoms with Crippen LogP contribution in [0.25, 0.3) is 0 Å². The summed E-state index contributed by atoms with van der Waals surface area (Å²) in [5.41, 5.74) is -0.318. The smallest absolute Gasteiger partial charge is 0.303 e. The summed E-state index contributed by atoms with van der Waals surface area (Å²) >= 11 is 0. The molecule has 0 heterocycles. The van der Waals surface area contributed by atoms with E-state index in [-0.39, 0.29) is 5.78 Å². The van der Waals surface area contributed by atoms with E-state index in [1.807, 2.05) is 6.07 Å². The molecule has 15 heavy (non-hydrogen) atoms. The van der Waals surface area contributed by atoms with Crippen molar-refractivity contribution >= 4 is 11.8 Å². The number of carbonyl (C=O) groups is 2. The number of esters is 1. The molecular formula is C11H11NO3. The van der Waals surface area contributed by atoms with Gasteiger partial charge < -0.3 is 4.74 Å². The summed E-state index contributed by atoms with van der Waals surface area (Å²) in [6, 6.07) is 1.91. The summed E-state index contributed by atoms with van der Waals surface area (Å²) in [4.78, 5) is 22.4. The van der Waals surface area contributed by atoms with Crippen molar-refractivity contribution in [3.8, 4) is 6.07 Å². The van der Waals surface area contributed by atoms with Crippen LogP contribution in [0.5, 0.6) is 0 Å². The van der Waals surface area contributed by atoms with Crippen LogP contribution < -0.4 is 0 Å². The van der Waals surface area contributed by atoms with E-state index in [0.717, 1.165) is 0 Å². The predicted molar refractivity (Wildman–Crippen MR) is 52.6 cm³/mol. The fraction of sp³-hybridized carbons (Fsp3) is 0.364. The van der Waals surface area contributed by atoms with E-state index < -0.39 is 11.6 Å². The lowest BCUT2D eigenvalue weighted by molar-refractivity contribution is -0.157. The Kier molecular flexibility index (Phi) is 2.76. The van der Waals surface area contributed by atoms with Crippen LogP contribution in [0, 0.1) is 11.3 Å². The third-order valence-corrected chi connectivity index (χ3v) is 2.16. The molecule has 0 aromatic rings. The zero-order valence-electron chi connectivity index (χ0n) is 8.83. The molecule has 1 rings (SSSR count). The van der Waals surface area contributed by atoms with Gasteiger partial charge in [0.2, 0.25) is 5.78 Å². The van der Waals surface area contributed by atoms with Crippen molar-refractivity contribution in [1.29, 1.82) is 5.26 Å². The van der Waals surface area contributed by atoms with Gasteiger partial charge in [-0.05, 0) is 25.5 Å². The van der Waals surface area contributed by atoms with Crippen molar-refractivity contribution in [2.24, 2.45) is 0 Å². The maximum Gasteiger partial charge on any atom is 0.303 e. The molecule has 78 valence electrons. The van der Waals surface area contributed by atoms with Crippen LogP contribution in [0.1, 0.15) is 20.8 Å². The highest BCUT2D eigenvalue weighted by Gasteiger charge is 2.36. The fourth-order valence-electron chi connectivity index (χ4n) is 1.45. The Bertz CT molecular complexity index is 426. The second-order valence-electron chi connectivity index (χ2n) is 3.56. The molecule has 1 aliphatic carbocycles. The molecule has 0 fully saturated rings. The van der Waals surface area contributed by atoms with Crippen LogP contribution in [-0.2, 0) is 14.3 Å². The number of ether oxygens (including phenoxy) is 1. The zero-order chi connectivity index (χ0) is 11.6. The van der Waals surface area contributed by atoms with Crippen molar-refractivity contribution in [3.63, 3.8) is 0 Å². The molecule has 1 aliphatic rings. The molecule has 0 aromatic carbocycles. The number of hydrogen-bond donors (Lipinski definition) is 0. The van der Waals surface area contributed by atoms with E-state index >= 15 is 0 Å². The zero-order valence-corrected chi connectivity index (χ0v) is 8.83. The lowest BCUT2D eigenvalue weighted by Crippen LogP contribution is -2.39. The van der Waals surface area contributed by atoms with Gasteiger partial charge in [-0.1, -0.05) is 0 Å². The van der Waals surface area contributed by atoms with Crippen LogP contribution >= 0.6 is 0 Å². The van der Waals surface area contributed by atoms with Gasteiger partial charge in [0, 0.05) is 13.0 Å². The summed E-state index contributed by atoms with van der Waals surface area (Å²) in [7, 11) is 0. The molecule has 1 atom stereocenters. The SMILES string of the molecule is CC(=O)OC1(C)C=C(C)C(C#N)=CC1=O. The topological polar surface area (TPSA) is 67.2 Å².